The SMILES string of the molecule is CCNCCOCCOc1ccccc1CC. The first-order chi connectivity index (χ1) is 8.38. The van der Waals surface area contributed by atoms with E-state index in [1.807, 2.05) is 18.2 Å². The molecule has 1 N–H and O–H groups in total. The molecule has 0 saturated heterocycles. The first kappa shape index (κ1) is 14.0. The lowest BCUT2D eigenvalue weighted by atomic mass is 10.1. The molecule has 0 saturated carbocycles. The minimum Gasteiger partial charge on any atom is -0.491 e. The number of rotatable bonds is 9. The maximum atomic E-state index is 5.69. The van der Waals surface area contributed by atoms with Crippen LogP contribution in [0.2, 0.25) is 0 Å². The third-order valence-corrected chi connectivity index (χ3v) is 2.51. The summed E-state index contributed by atoms with van der Waals surface area (Å²) in [4.78, 5) is 0. The Morgan fingerprint density at radius 1 is 1.06 bits per heavy atom. The Morgan fingerprint density at radius 3 is 2.65 bits per heavy atom. The van der Waals surface area contributed by atoms with Gasteiger partial charge in [-0.3, -0.25) is 0 Å². The summed E-state index contributed by atoms with van der Waals surface area (Å²) in [6, 6.07) is 8.15. The molecule has 96 valence electrons. The molecule has 3 heteroatoms. The predicted octanol–water partition coefficient (Wildman–Crippen LogP) is 2.25. The normalized spacial score (nSPS) is 10.5. The van der Waals surface area contributed by atoms with Gasteiger partial charge in [0.2, 0.25) is 0 Å². The van der Waals surface area contributed by atoms with Crippen molar-refractivity contribution < 1.29 is 9.47 Å². The number of aryl methyl sites for hydroxylation is 1. The Morgan fingerprint density at radius 2 is 1.88 bits per heavy atom. The van der Waals surface area contributed by atoms with E-state index < -0.39 is 0 Å². The highest BCUT2D eigenvalue weighted by molar-refractivity contribution is 5.33. The van der Waals surface area contributed by atoms with Gasteiger partial charge in [-0.15, -0.1) is 0 Å². The Kier molecular flexibility index (Phi) is 7.43. The van der Waals surface area contributed by atoms with Gasteiger partial charge in [-0.25, -0.2) is 0 Å². The van der Waals surface area contributed by atoms with E-state index in [-0.39, 0.29) is 0 Å². The summed E-state index contributed by atoms with van der Waals surface area (Å²) in [6.45, 7) is 8.12. The minimum atomic E-state index is 0.614. The van der Waals surface area contributed by atoms with Crippen molar-refractivity contribution in [1.82, 2.24) is 5.32 Å². The Bertz CT molecular complexity index is 302. The van der Waals surface area contributed by atoms with Crippen LogP contribution in [0.15, 0.2) is 24.3 Å². The summed E-state index contributed by atoms with van der Waals surface area (Å²) in [5.41, 5.74) is 1.25. The largest absolute Gasteiger partial charge is 0.491 e. The zero-order chi connectivity index (χ0) is 12.3. The average Bonchev–Trinajstić information content (AvgIpc) is 2.38. The van der Waals surface area contributed by atoms with Gasteiger partial charge >= 0.3 is 0 Å². The number of benzene rings is 1. The molecule has 0 aliphatic heterocycles. The standard InChI is InChI=1S/C14H23NO2/c1-3-13-7-5-6-8-14(13)17-12-11-16-10-9-15-4-2/h5-8,15H,3-4,9-12H2,1-2H3. The monoisotopic (exact) mass is 237 g/mol. The van der Waals surface area contributed by atoms with Gasteiger partial charge in [0.15, 0.2) is 0 Å². The zero-order valence-corrected chi connectivity index (χ0v) is 10.9. The number of hydrogen-bond acceptors (Lipinski definition) is 3. The smallest absolute Gasteiger partial charge is 0.122 e. The van der Waals surface area contributed by atoms with Crippen LogP contribution in [0.3, 0.4) is 0 Å². The third-order valence-electron chi connectivity index (χ3n) is 2.51. The van der Waals surface area contributed by atoms with Crippen molar-refractivity contribution >= 4 is 0 Å². The molecule has 3 nitrogen and oxygen atoms in total. The van der Waals surface area contributed by atoms with E-state index in [0.29, 0.717) is 13.2 Å². The molecular formula is C14H23NO2. The van der Waals surface area contributed by atoms with Gasteiger partial charge in [0.05, 0.1) is 13.2 Å². The van der Waals surface area contributed by atoms with Crippen LogP contribution in [0.25, 0.3) is 0 Å². The molecule has 1 rings (SSSR count). The summed E-state index contributed by atoms with van der Waals surface area (Å²) in [5.74, 6) is 0.977. The van der Waals surface area contributed by atoms with Gasteiger partial charge in [-0.05, 0) is 24.6 Å². The lowest BCUT2D eigenvalue weighted by molar-refractivity contribution is 0.102. The number of hydrogen-bond donors (Lipinski definition) is 1. The van der Waals surface area contributed by atoms with E-state index in [9.17, 15) is 0 Å². The van der Waals surface area contributed by atoms with Gasteiger partial charge in [-0.2, -0.15) is 0 Å². The highest BCUT2D eigenvalue weighted by Gasteiger charge is 1.99. The van der Waals surface area contributed by atoms with Crippen LogP contribution in [0.4, 0.5) is 0 Å². The van der Waals surface area contributed by atoms with Gasteiger partial charge < -0.3 is 14.8 Å². The molecule has 1 aromatic rings. The second-order valence-corrected chi connectivity index (χ2v) is 3.78. The molecule has 0 aromatic heterocycles. The first-order valence-electron chi connectivity index (χ1n) is 6.37. The van der Waals surface area contributed by atoms with Crippen molar-refractivity contribution in [2.45, 2.75) is 20.3 Å². The second-order valence-electron chi connectivity index (χ2n) is 3.78. The summed E-state index contributed by atoms with van der Waals surface area (Å²) in [6.07, 6.45) is 0.997. The summed E-state index contributed by atoms with van der Waals surface area (Å²) in [5, 5.41) is 3.21. The molecule has 0 atom stereocenters. The fourth-order valence-electron chi connectivity index (χ4n) is 1.57. The maximum absolute atomic E-state index is 5.69. The zero-order valence-electron chi connectivity index (χ0n) is 10.9. The fraction of sp³-hybridized carbons (Fsp3) is 0.571. The predicted molar refractivity (Wildman–Crippen MR) is 70.7 cm³/mol. The second kappa shape index (κ2) is 9.02. The quantitative estimate of drug-likeness (QED) is 0.668. The van der Waals surface area contributed by atoms with Crippen LogP contribution in [-0.2, 0) is 11.2 Å². The van der Waals surface area contributed by atoms with Crippen molar-refractivity contribution in [3.63, 3.8) is 0 Å². The van der Waals surface area contributed by atoms with E-state index in [1.54, 1.807) is 0 Å². The van der Waals surface area contributed by atoms with Crippen LogP contribution in [-0.4, -0.2) is 32.9 Å². The van der Waals surface area contributed by atoms with Gasteiger partial charge in [0, 0.05) is 6.54 Å². The van der Waals surface area contributed by atoms with Gasteiger partial charge in [0.25, 0.3) is 0 Å². The van der Waals surface area contributed by atoms with Crippen molar-refractivity contribution in [3.05, 3.63) is 29.8 Å². The molecule has 0 amide bonds. The molecule has 0 radical (unpaired) electrons. The van der Waals surface area contributed by atoms with Crippen LogP contribution < -0.4 is 10.1 Å². The molecule has 0 spiro atoms. The van der Waals surface area contributed by atoms with Gasteiger partial charge in [-0.1, -0.05) is 32.0 Å². The summed E-state index contributed by atoms with van der Waals surface area (Å²) >= 11 is 0. The average molecular weight is 237 g/mol. The van der Waals surface area contributed by atoms with Crippen molar-refractivity contribution in [1.29, 1.82) is 0 Å². The molecule has 0 heterocycles. The van der Waals surface area contributed by atoms with Crippen LogP contribution in [0, 0.1) is 0 Å². The minimum absolute atomic E-state index is 0.614. The van der Waals surface area contributed by atoms with Crippen LogP contribution >= 0.6 is 0 Å². The molecule has 0 aliphatic carbocycles. The highest BCUT2D eigenvalue weighted by atomic mass is 16.5. The topological polar surface area (TPSA) is 30.5 Å². The lowest BCUT2D eigenvalue weighted by Crippen LogP contribution is -2.20. The number of nitrogens with one attached hydrogen (secondary N) is 1. The van der Waals surface area contributed by atoms with Gasteiger partial charge in [0.1, 0.15) is 12.4 Å². The van der Waals surface area contributed by atoms with Crippen molar-refractivity contribution in [2.75, 3.05) is 32.9 Å². The molecule has 0 unspecified atom stereocenters. The van der Waals surface area contributed by atoms with E-state index >= 15 is 0 Å². The molecular weight excluding hydrogens is 214 g/mol. The lowest BCUT2D eigenvalue weighted by Gasteiger charge is -2.10. The summed E-state index contributed by atoms with van der Waals surface area (Å²) in [7, 11) is 0. The summed E-state index contributed by atoms with van der Waals surface area (Å²) < 4.78 is 11.1. The number of likely N-dealkylation sites (N-methyl/N-ethyl adjacent to an activating group) is 1. The Hall–Kier alpha value is -1.06. The van der Waals surface area contributed by atoms with E-state index in [0.717, 1.165) is 31.9 Å². The maximum Gasteiger partial charge on any atom is 0.122 e. The Balaban J connectivity index is 2.13. The number of para-hydroxylation sites is 1. The number of ether oxygens (including phenoxy) is 2. The molecule has 0 aliphatic rings. The highest BCUT2D eigenvalue weighted by Crippen LogP contribution is 2.17. The Labute approximate surface area is 104 Å². The van der Waals surface area contributed by atoms with Crippen molar-refractivity contribution in [2.24, 2.45) is 0 Å². The fourth-order valence-corrected chi connectivity index (χ4v) is 1.57. The van der Waals surface area contributed by atoms with Crippen LogP contribution in [0.5, 0.6) is 5.75 Å². The van der Waals surface area contributed by atoms with Crippen molar-refractivity contribution in [3.8, 4) is 5.75 Å². The molecule has 1 aromatic carbocycles. The molecule has 0 bridgehead atoms. The third kappa shape index (κ3) is 5.71. The van der Waals surface area contributed by atoms with E-state index in [4.69, 9.17) is 9.47 Å². The van der Waals surface area contributed by atoms with E-state index in [1.165, 1.54) is 5.56 Å². The molecule has 0 fully saturated rings. The van der Waals surface area contributed by atoms with E-state index in [2.05, 4.69) is 25.2 Å². The van der Waals surface area contributed by atoms with Crippen LogP contribution in [0.1, 0.15) is 19.4 Å². The first-order valence-corrected chi connectivity index (χ1v) is 6.37. The molecule has 17 heavy (non-hydrogen) atoms.